The predicted molar refractivity (Wildman–Crippen MR) is 163 cm³/mol. The first-order valence-corrected chi connectivity index (χ1v) is 14.6. The van der Waals surface area contributed by atoms with E-state index in [4.69, 9.17) is 0 Å². The summed E-state index contributed by atoms with van der Waals surface area (Å²) in [7, 11) is 0. The van der Waals surface area contributed by atoms with Crippen LogP contribution in [0.3, 0.4) is 0 Å². The molecule has 1 saturated heterocycles. The van der Waals surface area contributed by atoms with Crippen LogP contribution in [0.4, 0.5) is 5.69 Å². The summed E-state index contributed by atoms with van der Waals surface area (Å²) in [4.78, 5) is 4.87. The molecular formula is C31H54N2OS. The quantitative estimate of drug-likeness (QED) is 0.386. The van der Waals surface area contributed by atoms with Gasteiger partial charge in [0.1, 0.15) is 0 Å². The van der Waals surface area contributed by atoms with Gasteiger partial charge >= 0.3 is 0 Å². The monoisotopic (exact) mass is 502 g/mol. The number of thiophene rings is 1. The van der Waals surface area contributed by atoms with Crippen molar-refractivity contribution in [3.63, 3.8) is 0 Å². The largest absolute Gasteiger partial charge is 0.393 e. The molecule has 0 saturated carbocycles. The second-order valence-corrected chi connectivity index (χ2v) is 8.21. The van der Waals surface area contributed by atoms with E-state index < -0.39 is 0 Å². The SMILES string of the molecule is CC.CC.CC.CC.CC(O)CCN1CCN(c2ccccc2)CC1.Cc1ccc2sccc2c1. The van der Waals surface area contributed by atoms with Gasteiger partial charge < -0.3 is 10.0 Å². The van der Waals surface area contributed by atoms with Gasteiger partial charge in [-0.1, -0.05) is 91.3 Å². The Kier molecular flexibility index (Phi) is 24.0. The zero-order chi connectivity index (χ0) is 27.1. The van der Waals surface area contributed by atoms with Crippen LogP contribution in [0.5, 0.6) is 0 Å². The number of para-hydroxylation sites is 1. The fourth-order valence-corrected chi connectivity index (χ4v) is 4.09. The second-order valence-electron chi connectivity index (χ2n) is 7.26. The molecular weight excluding hydrogens is 448 g/mol. The van der Waals surface area contributed by atoms with Gasteiger partial charge in [-0.15, -0.1) is 11.3 Å². The molecule has 0 aliphatic carbocycles. The molecule has 4 rings (SSSR count). The molecule has 1 unspecified atom stereocenters. The molecule has 1 aliphatic heterocycles. The summed E-state index contributed by atoms with van der Waals surface area (Å²) in [5.74, 6) is 0. The summed E-state index contributed by atoms with van der Waals surface area (Å²) in [5.41, 5.74) is 2.66. The third-order valence-electron chi connectivity index (χ3n) is 4.96. The van der Waals surface area contributed by atoms with E-state index in [2.05, 4.69) is 76.7 Å². The number of aryl methyl sites for hydroxylation is 1. The number of anilines is 1. The zero-order valence-electron chi connectivity index (χ0n) is 24.3. The average molecular weight is 503 g/mol. The van der Waals surface area contributed by atoms with Crippen molar-refractivity contribution in [2.75, 3.05) is 37.6 Å². The summed E-state index contributed by atoms with van der Waals surface area (Å²) in [6.45, 7) is 25.4. The van der Waals surface area contributed by atoms with E-state index in [-0.39, 0.29) is 6.10 Å². The number of rotatable bonds is 4. The van der Waals surface area contributed by atoms with Gasteiger partial charge in [0, 0.05) is 43.1 Å². The molecule has 0 amide bonds. The fraction of sp³-hybridized carbons (Fsp3) is 0.548. The van der Waals surface area contributed by atoms with E-state index in [0.29, 0.717) is 0 Å². The van der Waals surface area contributed by atoms with Crippen molar-refractivity contribution in [3.8, 4) is 0 Å². The Labute approximate surface area is 221 Å². The predicted octanol–water partition coefficient (Wildman–Crippen LogP) is 8.89. The Balaban J connectivity index is 0. The molecule has 1 N–H and O–H groups in total. The van der Waals surface area contributed by atoms with Crippen molar-refractivity contribution < 1.29 is 5.11 Å². The Morgan fingerprint density at radius 3 is 1.91 bits per heavy atom. The van der Waals surface area contributed by atoms with Crippen LogP contribution in [-0.4, -0.2) is 48.8 Å². The molecule has 1 aromatic heterocycles. The molecule has 3 nitrogen and oxygen atoms in total. The highest BCUT2D eigenvalue weighted by molar-refractivity contribution is 7.17. The van der Waals surface area contributed by atoms with Gasteiger partial charge in [0.2, 0.25) is 0 Å². The van der Waals surface area contributed by atoms with E-state index in [9.17, 15) is 5.11 Å². The Morgan fingerprint density at radius 2 is 1.37 bits per heavy atom. The number of piperazine rings is 1. The number of nitrogens with zero attached hydrogens (tertiary/aromatic N) is 2. The first-order valence-electron chi connectivity index (χ1n) is 13.8. The van der Waals surface area contributed by atoms with Crippen LogP contribution in [0.2, 0.25) is 0 Å². The van der Waals surface area contributed by atoms with Gasteiger partial charge in [-0.25, -0.2) is 0 Å². The van der Waals surface area contributed by atoms with Crippen LogP contribution in [-0.2, 0) is 0 Å². The van der Waals surface area contributed by atoms with Gasteiger partial charge in [-0.3, -0.25) is 4.90 Å². The summed E-state index contributed by atoms with van der Waals surface area (Å²) in [6.07, 6.45) is 0.702. The normalized spacial score (nSPS) is 13.1. The molecule has 1 aliphatic rings. The van der Waals surface area contributed by atoms with Crippen molar-refractivity contribution >= 4 is 27.1 Å². The Morgan fingerprint density at radius 1 is 0.800 bits per heavy atom. The third kappa shape index (κ3) is 15.0. The lowest BCUT2D eigenvalue weighted by molar-refractivity contribution is 0.153. The fourth-order valence-electron chi connectivity index (χ4n) is 3.32. The lowest BCUT2D eigenvalue weighted by atomic mass is 10.2. The van der Waals surface area contributed by atoms with Gasteiger partial charge in [0.15, 0.2) is 0 Å². The molecule has 2 aromatic carbocycles. The van der Waals surface area contributed by atoms with Crippen molar-refractivity contribution in [2.45, 2.75) is 81.8 Å². The van der Waals surface area contributed by atoms with Crippen LogP contribution >= 0.6 is 11.3 Å². The van der Waals surface area contributed by atoms with Crippen molar-refractivity contribution in [3.05, 3.63) is 65.5 Å². The van der Waals surface area contributed by atoms with E-state index >= 15 is 0 Å². The molecule has 0 spiro atoms. The second kappa shape index (κ2) is 23.8. The van der Waals surface area contributed by atoms with E-state index in [0.717, 1.165) is 39.1 Å². The summed E-state index contributed by atoms with van der Waals surface area (Å²) < 4.78 is 1.38. The lowest BCUT2D eigenvalue weighted by Gasteiger charge is -2.36. The molecule has 1 fully saturated rings. The van der Waals surface area contributed by atoms with Crippen molar-refractivity contribution in [1.29, 1.82) is 0 Å². The minimum atomic E-state index is -0.179. The molecule has 0 bridgehead atoms. The zero-order valence-corrected chi connectivity index (χ0v) is 25.2. The first-order chi connectivity index (χ1) is 17.1. The van der Waals surface area contributed by atoms with Crippen LogP contribution in [0.1, 0.15) is 74.3 Å². The number of aliphatic hydroxyl groups is 1. The number of hydrogen-bond donors (Lipinski definition) is 1. The molecule has 200 valence electrons. The van der Waals surface area contributed by atoms with E-state index in [1.807, 2.05) is 62.3 Å². The van der Waals surface area contributed by atoms with Crippen molar-refractivity contribution in [1.82, 2.24) is 4.90 Å². The molecule has 0 radical (unpaired) electrons. The van der Waals surface area contributed by atoms with Crippen molar-refractivity contribution in [2.24, 2.45) is 0 Å². The summed E-state index contributed by atoms with van der Waals surface area (Å²) >= 11 is 1.80. The minimum absolute atomic E-state index is 0.179. The number of hydrogen-bond acceptors (Lipinski definition) is 4. The Bertz CT molecular complexity index is 809. The highest BCUT2D eigenvalue weighted by atomic mass is 32.1. The minimum Gasteiger partial charge on any atom is -0.393 e. The number of benzene rings is 2. The van der Waals surface area contributed by atoms with Crippen LogP contribution in [0.15, 0.2) is 60.0 Å². The standard InChI is InChI=1S/C14H22N2O.C9H8S.4C2H6/c1-13(17)7-8-15-9-11-16(12-10-15)14-5-3-2-4-6-14;1-7-2-3-9-8(6-7)4-5-10-9;4*1-2/h2-6,13,17H,7-12H2,1H3;2-6H,1H3;4*1-2H3. The van der Waals surface area contributed by atoms with Crippen LogP contribution < -0.4 is 4.90 Å². The highest BCUT2D eigenvalue weighted by Gasteiger charge is 2.16. The third-order valence-corrected chi connectivity index (χ3v) is 5.86. The smallest absolute Gasteiger partial charge is 0.0524 e. The van der Waals surface area contributed by atoms with Gasteiger partial charge in [-0.2, -0.15) is 0 Å². The summed E-state index contributed by atoms with van der Waals surface area (Å²) in [6, 6.07) is 19.3. The van der Waals surface area contributed by atoms with E-state index in [1.54, 1.807) is 11.3 Å². The van der Waals surface area contributed by atoms with Crippen LogP contribution in [0, 0.1) is 6.92 Å². The maximum Gasteiger partial charge on any atom is 0.0524 e. The first kappa shape index (κ1) is 35.3. The van der Waals surface area contributed by atoms with Crippen LogP contribution in [0.25, 0.3) is 10.1 Å². The average Bonchev–Trinajstić information content (AvgIpc) is 3.41. The van der Waals surface area contributed by atoms with Gasteiger partial charge in [0.25, 0.3) is 0 Å². The molecule has 2 heterocycles. The highest BCUT2D eigenvalue weighted by Crippen LogP contribution is 2.21. The molecule has 35 heavy (non-hydrogen) atoms. The molecule has 3 aromatic rings. The van der Waals surface area contributed by atoms with Gasteiger partial charge in [-0.05, 0) is 55.3 Å². The summed E-state index contributed by atoms with van der Waals surface area (Å²) in [5, 5.41) is 12.8. The van der Waals surface area contributed by atoms with E-state index in [1.165, 1.54) is 21.3 Å². The van der Waals surface area contributed by atoms with Gasteiger partial charge in [0.05, 0.1) is 6.10 Å². The Hall–Kier alpha value is -1.88. The maximum absolute atomic E-state index is 9.28. The molecule has 4 heteroatoms. The number of aliphatic hydroxyl groups excluding tert-OH is 1. The topological polar surface area (TPSA) is 26.7 Å². The number of fused-ring (bicyclic) bond motifs is 1. The lowest BCUT2D eigenvalue weighted by Crippen LogP contribution is -2.47. The molecule has 1 atom stereocenters. The maximum atomic E-state index is 9.28.